The molecule has 0 aromatic heterocycles. The van der Waals surface area contributed by atoms with E-state index in [-0.39, 0.29) is 0 Å². The molecule has 0 radical (unpaired) electrons. The molecule has 2 rings (SSSR count). The van der Waals surface area contributed by atoms with Crippen molar-refractivity contribution in [3.05, 3.63) is 29.8 Å². The highest BCUT2D eigenvalue weighted by atomic mass is 16.5. The van der Waals surface area contributed by atoms with Crippen LogP contribution in [0.15, 0.2) is 29.3 Å². The standard InChI is InChI=1S/C18H29N3O/c1-4-19-18(20-11-15-8-9-15)21-12-16-6-5-7-17(10-16)22-13-14(2)3/h5-7,10,14-15H,4,8-9,11-13H2,1-3H3,(H2,19,20,21). The van der Waals surface area contributed by atoms with E-state index < -0.39 is 0 Å². The van der Waals surface area contributed by atoms with Crippen LogP contribution in [0.2, 0.25) is 0 Å². The third-order valence-electron chi connectivity index (χ3n) is 3.50. The Morgan fingerprint density at radius 1 is 1.32 bits per heavy atom. The Kier molecular flexibility index (Phi) is 6.56. The van der Waals surface area contributed by atoms with Gasteiger partial charge in [0.05, 0.1) is 13.2 Å². The van der Waals surface area contributed by atoms with Crippen molar-refractivity contribution in [1.82, 2.24) is 10.6 Å². The molecule has 1 fully saturated rings. The van der Waals surface area contributed by atoms with Crippen LogP contribution in [0.3, 0.4) is 0 Å². The first kappa shape index (κ1) is 16.7. The van der Waals surface area contributed by atoms with Gasteiger partial charge in [0.25, 0.3) is 0 Å². The molecule has 0 spiro atoms. The number of nitrogens with zero attached hydrogens (tertiary/aromatic N) is 1. The Labute approximate surface area is 134 Å². The lowest BCUT2D eigenvalue weighted by molar-refractivity contribution is 0.271. The number of hydrogen-bond donors (Lipinski definition) is 2. The van der Waals surface area contributed by atoms with Crippen molar-refractivity contribution in [2.75, 3.05) is 19.7 Å². The predicted octanol–water partition coefficient (Wildman–Crippen LogP) is 3.19. The molecule has 2 N–H and O–H groups in total. The number of aliphatic imine (C=N–C) groups is 1. The number of nitrogens with one attached hydrogen (secondary N) is 2. The SMILES string of the molecule is CCNC(=NCc1cccc(OCC(C)C)c1)NCC1CC1. The molecule has 1 aromatic carbocycles. The molecule has 1 aliphatic rings. The van der Waals surface area contributed by atoms with Gasteiger partial charge in [0.15, 0.2) is 5.96 Å². The molecule has 122 valence electrons. The first-order valence-electron chi connectivity index (χ1n) is 8.41. The van der Waals surface area contributed by atoms with Gasteiger partial charge < -0.3 is 15.4 Å². The van der Waals surface area contributed by atoms with E-state index in [0.717, 1.165) is 37.3 Å². The zero-order valence-electron chi connectivity index (χ0n) is 14.1. The van der Waals surface area contributed by atoms with Crippen molar-refractivity contribution < 1.29 is 4.74 Å². The largest absolute Gasteiger partial charge is 0.493 e. The lowest BCUT2D eigenvalue weighted by Gasteiger charge is -2.11. The van der Waals surface area contributed by atoms with Gasteiger partial charge in [-0.3, -0.25) is 0 Å². The van der Waals surface area contributed by atoms with Gasteiger partial charge >= 0.3 is 0 Å². The van der Waals surface area contributed by atoms with Crippen LogP contribution in [0.25, 0.3) is 0 Å². The van der Waals surface area contributed by atoms with Crippen molar-refractivity contribution in [3.8, 4) is 5.75 Å². The van der Waals surface area contributed by atoms with E-state index in [9.17, 15) is 0 Å². The molecule has 1 saturated carbocycles. The Bertz CT molecular complexity index is 481. The van der Waals surface area contributed by atoms with Gasteiger partial charge in [-0.15, -0.1) is 0 Å². The minimum absolute atomic E-state index is 0.536. The van der Waals surface area contributed by atoms with E-state index in [4.69, 9.17) is 4.74 Å². The highest BCUT2D eigenvalue weighted by Crippen LogP contribution is 2.27. The fourth-order valence-corrected chi connectivity index (χ4v) is 2.07. The fourth-order valence-electron chi connectivity index (χ4n) is 2.07. The normalized spacial score (nSPS) is 15.0. The van der Waals surface area contributed by atoms with Gasteiger partial charge in [-0.1, -0.05) is 26.0 Å². The molecule has 0 unspecified atom stereocenters. The summed E-state index contributed by atoms with van der Waals surface area (Å²) in [6.45, 7) is 9.73. The Hall–Kier alpha value is -1.71. The first-order valence-corrected chi connectivity index (χ1v) is 8.41. The summed E-state index contributed by atoms with van der Waals surface area (Å²) < 4.78 is 5.77. The van der Waals surface area contributed by atoms with Crippen LogP contribution < -0.4 is 15.4 Å². The number of benzene rings is 1. The number of rotatable bonds is 8. The van der Waals surface area contributed by atoms with Crippen molar-refractivity contribution in [2.24, 2.45) is 16.8 Å². The van der Waals surface area contributed by atoms with E-state index >= 15 is 0 Å². The monoisotopic (exact) mass is 303 g/mol. The lowest BCUT2D eigenvalue weighted by Crippen LogP contribution is -2.38. The molecule has 4 heteroatoms. The highest BCUT2D eigenvalue weighted by molar-refractivity contribution is 5.79. The van der Waals surface area contributed by atoms with Gasteiger partial charge in [0, 0.05) is 13.1 Å². The lowest BCUT2D eigenvalue weighted by atomic mass is 10.2. The van der Waals surface area contributed by atoms with Crippen molar-refractivity contribution >= 4 is 5.96 Å². The minimum Gasteiger partial charge on any atom is -0.493 e. The number of ether oxygens (including phenoxy) is 1. The van der Waals surface area contributed by atoms with E-state index in [2.05, 4.69) is 48.5 Å². The zero-order valence-corrected chi connectivity index (χ0v) is 14.1. The van der Waals surface area contributed by atoms with E-state index in [1.165, 1.54) is 18.4 Å². The maximum Gasteiger partial charge on any atom is 0.191 e. The van der Waals surface area contributed by atoms with Crippen LogP contribution >= 0.6 is 0 Å². The van der Waals surface area contributed by atoms with Crippen LogP contribution in [-0.2, 0) is 6.54 Å². The number of guanidine groups is 1. The molecule has 0 aliphatic heterocycles. The molecule has 1 aliphatic carbocycles. The maximum absolute atomic E-state index is 5.77. The fraction of sp³-hybridized carbons (Fsp3) is 0.611. The summed E-state index contributed by atoms with van der Waals surface area (Å²) in [6.07, 6.45) is 2.70. The zero-order chi connectivity index (χ0) is 15.8. The third kappa shape index (κ3) is 6.37. The van der Waals surface area contributed by atoms with Crippen LogP contribution in [0.4, 0.5) is 0 Å². The summed E-state index contributed by atoms with van der Waals surface area (Å²) in [5.74, 6) is 3.21. The van der Waals surface area contributed by atoms with Crippen LogP contribution in [0, 0.1) is 11.8 Å². The Morgan fingerprint density at radius 2 is 2.14 bits per heavy atom. The van der Waals surface area contributed by atoms with Crippen LogP contribution in [0.1, 0.15) is 39.2 Å². The molecule has 0 atom stereocenters. The second-order valence-electron chi connectivity index (χ2n) is 6.37. The Morgan fingerprint density at radius 3 is 2.82 bits per heavy atom. The van der Waals surface area contributed by atoms with Crippen molar-refractivity contribution in [2.45, 2.75) is 40.2 Å². The molecule has 0 saturated heterocycles. The van der Waals surface area contributed by atoms with E-state index in [1.807, 2.05) is 12.1 Å². The molecular weight excluding hydrogens is 274 g/mol. The highest BCUT2D eigenvalue weighted by Gasteiger charge is 2.20. The smallest absolute Gasteiger partial charge is 0.191 e. The second-order valence-corrected chi connectivity index (χ2v) is 6.37. The van der Waals surface area contributed by atoms with Gasteiger partial charge in [0.1, 0.15) is 5.75 Å². The minimum atomic E-state index is 0.536. The van der Waals surface area contributed by atoms with Gasteiger partial charge in [0.2, 0.25) is 0 Å². The predicted molar refractivity (Wildman–Crippen MR) is 92.3 cm³/mol. The van der Waals surface area contributed by atoms with Crippen LogP contribution in [-0.4, -0.2) is 25.7 Å². The topological polar surface area (TPSA) is 45.7 Å². The summed E-state index contributed by atoms with van der Waals surface area (Å²) in [6, 6.07) is 8.21. The molecule has 0 bridgehead atoms. The average Bonchev–Trinajstić information content (AvgIpc) is 3.33. The molecule has 1 aromatic rings. The molecule has 0 heterocycles. The van der Waals surface area contributed by atoms with Crippen LogP contribution in [0.5, 0.6) is 5.75 Å². The quantitative estimate of drug-likeness (QED) is 0.573. The van der Waals surface area contributed by atoms with Gasteiger partial charge in [-0.05, 0) is 49.3 Å². The first-order chi connectivity index (χ1) is 10.7. The number of hydrogen-bond acceptors (Lipinski definition) is 2. The summed E-state index contributed by atoms with van der Waals surface area (Å²) in [7, 11) is 0. The maximum atomic E-state index is 5.77. The molecule has 0 amide bonds. The van der Waals surface area contributed by atoms with Gasteiger partial charge in [-0.2, -0.15) is 0 Å². The molecular formula is C18H29N3O. The van der Waals surface area contributed by atoms with E-state index in [0.29, 0.717) is 12.5 Å². The van der Waals surface area contributed by atoms with E-state index in [1.54, 1.807) is 0 Å². The summed E-state index contributed by atoms with van der Waals surface area (Å²) in [4.78, 5) is 4.66. The molecule has 22 heavy (non-hydrogen) atoms. The van der Waals surface area contributed by atoms with Crippen molar-refractivity contribution in [3.63, 3.8) is 0 Å². The summed E-state index contributed by atoms with van der Waals surface area (Å²) >= 11 is 0. The summed E-state index contributed by atoms with van der Waals surface area (Å²) in [5, 5.41) is 6.71. The van der Waals surface area contributed by atoms with Crippen molar-refractivity contribution in [1.29, 1.82) is 0 Å². The van der Waals surface area contributed by atoms with Gasteiger partial charge in [-0.25, -0.2) is 4.99 Å². The summed E-state index contributed by atoms with van der Waals surface area (Å²) in [5.41, 5.74) is 1.17. The second kappa shape index (κ2) is 8.66. The third-order valence-corrected chi connectivity index (χ3v) is 3.50. The Balaban J connectivity index is 1.88. The molecule has 4 nitrogen and oxygen atoms in total. The average molecular weight is 303 g/mol.